The maximum absolute atomic E-state index is 13.3. The molecule has 4 heteroatoms. The van der Waals surface area contributed by atoms with Crippen LogP contribution in [-0.2, 0) is 5.60 Å². The number of aliphatic hydroxyl groups is 1. The van der Waals surface area contributed by atoms with Gasteiger partial charge < -0.3 is 9.84 Å². The van der Waals surface area contributed by atoms with Gasteiger partial charge in [-0.05, 0) is 37.8 Å². The van der Waals surface area contributed by atoms with E-state index in [4.69, 9.17) is 4.74 Å². The van der Waals surface area contributed by atoms with Crippen molar-refractivity contribution >= 4 is 11.8 Å². The van der Waals surface area contributed by atoms with E-state index in [1.54, 1.807) is 6.07 Å². The zero-order chi connectivity index (χ0) is 13.5. The molecule has 2 bridgehead atoms. The normalized spacial score (nSPS) is 34.1. The Morgan fingerprint density at radius 2 is 2.00 bits per heavy atom. The van der Waals surface area contributed by atoms with Crippen molar-refractivity contribution in [3.8, 4) is 5.75 Å². The summed E-state index contributed by atoms with van der Waals surface area (Å²) in [7, 11) is 1.53. The number of hydrogen-bond acceptors (Lipinski definition) is 3. The number of thioether (sulfide) groups is 1. The molecule has 0 aromatic heterocycles. The quantitative estimate of drug-likeness (QED) is 0.900. The topological polar surface area (TPSA) is 29.5 Å². The Morgan fingerprint density at radius 1 is 1.32 bits per heavy atom. The zero-order valence-electron chi connectivity index (χ0n) is 11.1. The summed E-state index contributed by atoms with van der Waals surface area (Å²) in [5.74, 6) is 0.141. The molecule has 0 saturated carbocycles. The second kappa shape index (κ2) is 4.98. The van der Waals surface area contributed by atoms with Crippen molar-refractivity contribution in [3.05, 3.63) is 29.6 Å². The summed E-state index contributed by atoms with van der Waals surface area (Å²) in [6, 6.07) is 4.46. The molecule has 2 atom stereocenters. The fraction of sp³-hybridized carbons (Fsp3) is 0.600. The molecule has 1 aromatic rings. The molecule has 2 heterocycles. The SMILES string of the molecule is COc1cc(F)ccc1C1(O)CC2CCCC(C1)S2. The average molecular weight is 282 g/mol. The van der Waals surface area contributed by atoms with Crippen LogP contribution in [0.25, 0.3) is 0 Å². The molecule has 0 amide bonds. The van der Waals surface area contributed by atoms with E-state index >= 15 is 0 Å². The standard InChI is InChI=1S/C15H19FO2S/c1-18-14-7-10(16)5-6-13(14)15(17)8-11-3-2-4-12(9-15)19-11/h5-7,11-12,17H,2-4,8-9H2,1H3. The number of benzene rings is 1. The van der Waals surface area contributed by atoms with Crippen molar-refractivity contribution in [2.24, 2.45) is 0 Å². The molecule has 0 radical (unpaired) electrons. The highest BCUT2D eigenvalue weighted by Gasteiger charge is 2.43. The number of halogens is 1. The Balaban J connectivity index is 1.96. The van der Waals surface area contributed by atoms with Crippen molar-refractivity contribution < 1.29 is 14.2 Å². The zero-order valence-corrected chi connectivity index (χ0v) is 11.9. The minimum absolute atomic E-state index is 0.324. The first-order valence-corrected chi connectivity index (χ1v) is 7.77. The lowest BCUT2D eigenvalue weighted by molar-refractivity contribution is 0.00603. The van der Waals surface area contributed by atoms with Crippen LogP contribution >= 0.6 is 11.8 Å². The van der Waals surface area contributed by atoms with E-state index in [-0.39, 0.29) is 5.82 Å². The molecule has 0 aliphatic carbocycles. The van der Waals surface area contributed by atoms with E-state index in [0.717, 1.165) is 18.4 Å². The number of hydrogen-bond donors (Lipinski definition) is 1. The van der Waals surface area contributed by atoms with Gasteiger partial charge in [0.15, 0.2) is 0 Å². The molecule has 3 rings (SSSR count). The van der Waals surface area contributed by atoms with Crippen LogP contribution in [0.5, 0.6) is 5.75 Å². The van der Waals surface area contributed by atoms with Crippen LogP contribution in [0.3, 0.4) is 0 Å². The summed E-state index contributed by atoms with van der Waals surface area (Å²) < 4.78 is 18.6. The molecule has 104 valence electrons. The van der Waals surface area contributed by atoms with E-state index in [1.165, 1.54) is 38.5 Å². The highest BCUT2D eigenvalue weighted by atomic mass is 32.2. The number of fused-ring (bicyclic) bond motifs is 2. The summed E-state index contributed by atoms with van der Waals surface area (Å²) in [5, 5.41) is 12.1. The van der Waals surface area contributed by atoms with Gasteiger partial charge in [-0.25, -0.2) is 4.39 Å². The lowest BCUT2D eigenvalue weighted by Gasteiger charge is -2.44. The van der Waals surface area contributed by atoms with Gasteiger partial charge in [0.2, 0.25) is 0 Å². The van der Waals surface area contributed by atoms with Crippen LogP contribution in [0, 0.1) is 5.82 Å². The predicted molar refractivity (Wildman–Crippen MR) is 75.1 cm³/mol. The van der Waals surface area contributed by atoms with E-state index < -0.39 is 5.60 Å². The first-order chi connectivity index (χ1) is 9.10. The van der Waals surface area contributed by atoms with Gasteiger partial charge in [0.1, 0.15) is 11.6 Å². The minimum Gasteiger partial charge on any atom is -0.496 e. The van der Waals surface area contributed by atoms with Crippen molar-refractivity contribution in [2.45, 2.75) is 48.2 Å². The molecule has 2 saturated heterocycles. The van der Waals surface area contributed by atoms with Crippen LogP contribution in [-0.4, -0.2) is 22.7 Å². The van der Waals surface area contributed by atoms with Crippen molar-refractivity contribution in [1.29, 1.82) is 0 Å². The van der Waals surface area contributed by atoms with Gasteiger partial charge in [-0.15, -0.1) is 0 Å². The van der Waals surface area contributed by atoms with Crippen LogP contribution in [0.2, 0.25) is 0 Å². The Labute approximate surface area is 117 Å². The van der Waals surface area contributed by atoms with Gasteiger partial charge in [0.25, 0.3) is 0 Å². The summed E-state index contributed by atoms with van der Waals surface area (Å²) in [6.07, 6.45) is 5.10. The van der Waals surface area contributed by atoms with E-state index in [0.29, 0.717) is 16.2 Å². The fourth-order valence-electron chi connectivity index (χ4n) is 3.39. The van der Waals surface area contributed by atoms with Gasteiger partial charge in [-0.3, -0.25) is 0 Å². The van der Waals surface area contributed by atoms with Crippen LogP contribution in [0.1, 0.15) is 37.7 Å². The Morgan fingerprint density at radius 3 is 2.63 bits per heavy atom. The van der Waals surface area contributed by atoms with E-state index in [1.807, 2.05) is 11.8 Å². The third-order valence-electron chi connectivity index (χ3n) is 4.23. The predicted octanol–water partition coefficient (Wildman–Crippen LogP) is 3.47. The third kappa shape index (κ3) is 2.48. The summed E-state index contributed by atoms with van der Waals surface area (Å²) in [6.45, 7) is 0. The highest BCUT2D eigenvalue weighted by molar-refractivity contribution is 8.00. The first-order valence-electron chi connectivity index (χ1n) is 6.82. The monoisotopic (exact) mass is 282 g/mol. The lowest BCUT2D eigenvalue weighted by atomic mass is 9.80. The second-order valence-electron chi connectivity index (χ2n) is 5.60. The van der Waals surface area contributed by atoms with Crippen molar-refractivity contribution in [1.82, 2.24) is 0 Å². The molecule has 2 fully saturated rings. The van der Waals surface area contributed by atoms with Gasteiger partial charge >= 0.3 is 0 Å². The van der Waals surface area contributed by atoms with Gasteiger partial charge in [0, 0.05) is 22.1 Å². The van der Waals surface area contributed by atoms with Crippen LogP contribution < -0.4 is 4.74 Å². The van der Waals surface area contributed by atoms with Gasteiger partial charge in [0.05, 0.1) is 12.7 Å². The minimum atomic E-state index is -0.861. The molecule has 1 aromatic carbocycles. The number of rotatable bonds is 2. The first kappa shape index (κ1) is 13.3. The highest BCUT2D eigenvalue weighted by Crippen LogP contribution is 2.51. The van der Waals surface area contributed by atoms with E-state index in [9.17, 15) is 9.50 Å². The molecule has 19 heavy (non-hydrogen) atoms. The van der Waals surface area contributed by atoms with Crippen LogP contribution in [0.4, 0.5) is 4.39 Å². The van der Waals surface area contributed by atoms with Crippen molar-refractivity contribution in [2.75, 3.05) is 7.11 Å². The largest absolute Gasteiger partial charge is 0.496 e. The molecule has 2 unspecified atom stereocenters. The maximum atomic E-state index is 13.3. The van der Waals surface area contributed by atoms with Crippen LogP contribution in [0.15, 0.2) is 18.2 Å². The van der Waals surface area contributed by atoms with Gasteiger partial charge in [-0.2, -0.15) is 11.8 Å². The molecular formula is C15H19FO2S. The Bertz CT molecular complexity index is 465. The molecule has 0 spiro atoms. The second-order valence-corrected chi connectivity index (χ2v) is 7.20. The fourth-order valence-corrected chi connectivity index (χ4v) is 5.28. The molecule has 2 nitrogen and oxygen atoms in total. The summed E-state index contributed by atoms with van der Waals surface area (Å²) in [5.41, 5.74) is -0.117. The molecule has 1 N–H and O–H groups in total. The lowest BCUT2D eigenvalue weighted by Crippen LogP contribution is -2.40. The Hall–Kier alpha value is -0.740. The molecule has 2 aliphatic heterocycles. The third-order valence-corrected chi connectivity index (χ3v) is 5.81. The van der Waals surface area contributed by atoms with E-state index in [2.05, 4.69) is 0 Å². The summed E-state index contributed by atoms with van der Waals surface area (Å²) in [4.78, 5) is 0. The smallest absolute Gasteiger partial charge is 0.127 e. The van der Waals surface area contributed by atoms with Crippen molar-refractivity contribution in [3.63, 3.8) is 0 Å². The maximum Gasteiger partial charge on any atom is 0.127 e. The summed E-state index contributed by atoms with van der Waals surface area (Å²) >= 11 is 2.01. The molecule has 2 aliphatic rings. The number of methoxy groups -OCH3 is 1. The number of ether oxygens (including phenoxy) is 1. The van der Waals surface area contributed by atoms with Gasteiger partial charge in [-0.1, -0.05) is 6.42 Å². The Kier molecular flexibility index (Phi) is 3.48. The average Bonchev–Trinajstić information content (AvgIpc) is 2.37. The molecular weight excluding hydrogens is 263 g/mol.